The molecule has 0 radical (unpaired) electrons. The largest absolute Gasteiger partial charge is 0.364 e. The van der Waals surface area contributed by atoms with Crippen molar-refractivity contribution in [3.05, 3.63) is 23.3 Å². The van der Waals surface area contributed by atoms with Crippen molar-refractivity contribution in [3.63, 3.8) is 0 Å². The van der Waals surface area contributed by atoms with Gasteiger partial charge in [-0.3, -0.25) is 4.79 Å². The van der Waals surface area contributed by atoms with E-state index in [2.05, 4.69) is 9.97 Å². The number of aromatic nitrogens is 2. The Morgan fingerprint density at radius 3 is 3.00 bits per heavy atom. The molecule has 0 unspecified atom stereocenters. The molecule has 0 aliphatic heterocycles. The van der Waals surface area contributed by atoms with Crippen LogP contribution in [-0.4, -0.2) is 15.9 Å². The van der Waals surface area contributed by atoms with Crippen molar-refractivity contribution in [1.29, 1.82) is 0 Å². The molecule has 1 aliphatic rings. The van der Waals surface area contributed by atoms with Crippen LogP contribution in [0, 0.1) is 0 Å². The SMILES string of the molecule is NC(=O)c1ncnc2c1CCC2. The molecule has 1 aromatic rings. The predicted octanol–water partition coefficient (Wildman–Crippen LogP) is 0.0642. The number of carbonyl (C=O) groups is 1. The van der Waals surface area contributed by atoms with Gasteiger partial charge in [-0.05, 0) is 19.3 Å². The Kier molecular flexibility index (Phi) is 1.53. The standard InChI is InChI=1S/C8H9N3O/c9-8(12)7-5-2-1-3-6(5)10-4-11-7/h4H,1-3H2,(H2,9,12). The lowest BCUT2D eigenvalue weighted by Gasteiger charge is -2.00. The van der Waals surface area contributed by atoms with Gasteiger partial charge in [0, 0.05) is 11.3 Å². The van der Waals surface area contributed by atoms with E-state index in [0.29, 0.717) is 5.69 Å². The fourth-order valence-electron chi connectivity index (χ4n) is 1.57. The van der Waals surface area contributed by atoms with E-state index in [4.69, 9.17) is 5.73 Å². The normalized spacial score (nSPS) is 14.3. The van der Waals surface area contributed by atoms with Crippen molar-refractivity contribution < 1.29 is 4.79 Å². The van der Waals surface area contributed by atoms with Crippen molar-refractivity contribution in [1.82, 2.24) is 9.97 Å². The van der Waals surface area contributed by atoms with Gasteiger partial charge >= 0.3 is 0 Å². The summed E-state index contributed by atoms with van der Waals surface area (Å²) in [6.45, 7) is 0. The van der Waals surface area contributed by atoms with E-state index < -0.39 is 5.91 Å². The summed E-state index contributed by atoms with van der Waals surface area (Å²) in [5.41, 5.74) is 7.49. The Balaban J connectivity index is 2.56. The molecule has 1 amide bonds. The summed E-state index contributed by atoms with van der Waals surface area (Å²) in [5.74, 6) is -0.449. The first-order valence-corrected chi connectivity index (χ1v) is 3.91. The van der Waals surface area contributed by atoms with Crippen LogP contribution >= 0.6 is 0 Å². The minimum absolute atomic E-state index is 0.400. The first-order valence-electron chi connectivity index (χ1n) is 3.91. The van der Waals surface area contributed by atoms with Gasteiger partial charge in [-0.2, -0.15) is 0 Å². The Morgan fingerprint density at radius 1 is 1.42 bits per heavy atom. The van der Waals surface area contributed by atoms with E-state index in [9.17, 15) is 4.79 Å². The topological polar surface area (TPSA) is 68.9 Å². The van der Waals surface area contributed by atoms with Gasteiger partial charge in [0.2, 0.25) is 0 Å². The smallest absolute Gasteiger partial charge is 0.267 e. The van der Waals surface area contributed by atoms with Gasteiger partial charge in [0.25, 0.3) is 5.91 Å². The van der Waals surface area contributed by atoms with Gasteiger partial charge in [0.1, 0.15) is 12.0 Å². The third kappa shape index (κ3) is 0.958. The highest BCUT2D eigenvalue weighted by Gasteiger charge is 2.19. The summed E-state index contributed by atoms with van der Waals surface area (Å²) in [7, 11) is 0. The summed E-state index contributed by atoms with van der Waals surface area (Å²) in [6, 6.07) is 0. The molecule has 1 aromatic heterocycles. The van der Waals surface area contributed by atoms with Gasteiger partial charge in [-0.1, -0.05) is 0 Å². The summed E-state index contributed by atoms with van der Waals surface area (Å²) in [5, 5.41) is 0. The van der Waals surface area contributed by atoms with Crippen molar-refractivity contribution in [2.24, 2.45) is 5.73 Å². The van der Waals surface area contributed by atoms with E-state index in [1.54, 1.807) is 0 Å². The fourth-order valence-corrected chi connectivity index (χ4v) is 1.57. The molecule has 0 spiro atoms. The monoisotopic (exact) mass is 163 g/mol. The number of primary amides is 1. The Labute approximate surface area is 69.8 Å². The predicted molar refractivity (Wildman–Crippen MR) is 42.6 cm³/mol. The number of hydrogen-bond donors (Lipinski definition) is 1. The number of nitrogens with two attached hydrogens (primary N) is 1. The number of rotatable bonds is 1. The van der Waals surface area contributed by atoms with Gasteiger partial charge in [0.15, 0.2) is 0 Å². The van der Waals surface area contributed by atoms with Crippen LogP contribution < -0.4 is 5.73 Å². The maximum Gasteiger partial charge on any atom is 0.267 e. The van der Waals surface area contributed by atoms with E-state index in [0.717, 1.165) is 30.5 Å². The highest BCUT2D eigenvalue weighted by atomic mass is 16.1. The molecule has 0 bridgehead atoms. The summed E-state index contributed by atoms with van der Waals surface area (Å²) in [4.78, 5) is 18.8. The average molecular weight is 163 g/mol. The first-order chi connectivity index (χ1) is 5.79. The van der Waals surface area contributed by atoms with Crippen LogP contribution in [-0.2, 0) is 12.8 Å². The van der Waals surface area contributed by atoms with Crippen LogP contribution in [0.15, 0.2) is 6.33 Å². The lowest BCUT2D eigenvalue weighted by atomic mass is 10.2. The van der Waals surface area contributed by atoms with Crippen molar-refractivity contribution in [2.45, 2.75) is 19.3 Å². The molecule has 0 aromatic carbocycles. The van der Waals surface area contributed by atoms with Crippen LogP contribution in [0.25, 0.3) is 0 Å². The second-order valence-electron chi connectivity index (χ2n) is 2.87. The highest BCUT2D eigenvalue weighted by molar-refractivity contribution is 5.92. The quantitative estimate of drug-likeness (QED) is 0.636. The first kappa shape index (κ1) is 7.21. The van der Waals surface area contributed by atoms with Crippen LogP contribution in [0.5, 0.6) is 0 Å². The Bertz CT molecular complexity index is 335. The van der Waals surface area contributed by atoms with E-state index in [-0.39, 0.29) is 0 Å². The maximum atomic E-state index is 10.9. The number of hydrogen-bond acceptors (Lipinski definition) is 3. The van der Waals surface area contributed by atoms with E-state index in [1.807, 2.05) is 0 Å². The molecule has 0 saturated heterocycles. The Morgan fingerprint density at radius 2 is 2.25 bits per heavy atom. The zero-order valence-electron chi connectivity index (χ0n) is 6.58. The molecule has 0 saturated carbocycles. The fraction of sp³-hybridized carbons (Fsp3) is 0.375. The molecule has 4 nitrogen and oxygen atoms in total. The van der Waals surface area contributed by atoms with Gasteiger partial charge in [-0.15, -0.1) is 0 Å². The lowest BCUT2D eigenvalue weighted by Crippen LogP contribution is -2.16. The molecule has 12 heavy (non-hydrogen) atoms. The zero-order valence-corrected chi connectivity index (χ0v) is 6.58. The van der Waals surface area contributed by atoms with Crippen LogP contribution in [0.1, 0.15) is 28.2 Å². The molecule has 1 heterocycles. The second kappa shape index (κ2) is 2.55. The molecule has 0 fully saturated rings. The minimum atomic E-state index is -0.449. The van der Waals surface area contributed by atoms with Crippen LogP contribution in [0.2, 0.25) is 0 Å². The number of carbonyl (C=O) groups excluding carboxylic acids is 1. The molecule has 0 atom stereocenters. The molecular formula is C8H9N3O. The van der Waals surface area contributed by atoms with Crippen molar-refractivity contribution >= 4 is 5.91 Å². The number of aryl methyl sites for hydroxylation is 1. The highest BCUT2D eigenvalue weighted by Crippen LogP contribution is 2.20. The second-order valence-corrected chi connectivity index (χ2v) is 2.87. The molecule has 2 N–H and O–H groups in total. The summed E-state index contributed by atoms with van der Waals surface area (Å²) in [6.07, 6.45) is 4.28. The van der Waals surface area contributed by atoms with Crippen LogP contribution in [0.4, 0.5) is 0 Å². The molecule has 1 aliphatic carbocycles. The lowest BCUT2D eigenvalue weighted by molar-refractivity contribution is 0.0994. The third-order valence-electron chi connectivity index (χ3n) is 2.11. The van der Waals surface area contributed by atoms with E-state index in [1.165, 1.54) is 6.33 Å². The molecule has 4 heteroatoms. The van der Waals surface area contributed by atoms with Crippen molar-refractivity contribution in [2.75, 3.05) is 0 Å². The van der Waals surface area contributed by atoms with Gasteiger partial charge < -0.3 is 5.73 Å². The van der Waals surface area contributed by atoms with Crippen LogP contribution in [0.3, 0.4) is 0 Å². The van der Waals surface area contributed by atoms with Gasteiger partial charge in [0.05, 0.1) is 0 Å². The number of amides is 1. The zero-order chi connectivity index (χ0) is 8.55. The molecule has 2 rings (SSSR count). The minimum Gasteiger partial charge on any atom is -0.364 e. The third-order valence-corrected chi connectivity index (χ3v) is 2.11. The van der Waals surface area contributed by atoms with E-state index >= 15 is 0 Å². The molecule has 62 valence electrons. The summed E-state index contributed by atoms with van der Waals surface area (Å²) < 4.78 is 0. The number of fused-ring (bicyclic) bond motifs is 1. The van der Waals surface area contributed by atoms with Crippen molar-refractivity contribution in [3.8, 4) is 0 Å². The molecular weight excluding hydrogens is 154 g/mol. The van der Waals surface area contributed by atoms with Gasteiger partial charge in [-0.25, -0.2) is 9.97 Å². The Hall–Kier alpha value is -1.45. The maximum absolute atomic E-state index is 10.9. The average Bonchev–Trinajstić information content (AvgIpc) is 2.49. The summed E-state index contributed by atoms with van der Waals surface area (Å²) >= 11 is 0. The number of nitrogens with zero attached hydrogens (tertiary/aromatic N) is 2.